The minimum atomic E-state index is -0.885. The van der Waals surface area contributed by atoms with Gasteiger partial charge in [-0.15, -0.1) is 0 Å². The molecule has 0 fully saturated rings. The van der Waals surface area contributed by atoms with Crippen molar-refractivity contribution >= 4 is 16.9 Å². The van der Waals surface area contributed by atoms with Crippen LogP contribution in [0.3, 0.4) is 0 Å². The first kappa shape index (κ1) is 15.8. The molecule has 0 unspecified atom stereocenters. The Morgan fingerprint density at radius 2 is 1.92 bits per heavy atom. The highest BCUT2D eigenvalue weighted by Crippen LogP contribution is 2.35. The number of ether oxygens (including phenoxy) is 1. The molecule has 0 saturated heterocycles. The quantitative estimate of drug-likeness (QED) is 0.566. The molecule has 3 aromatic rings. The van der Waals surface area contributed by atoms with Crippen LogP contribution in [0.4, 0.5) is 0 Å². The maximum absolute atomic E-state index is 12.3. The number of nitrogens with two attached hydrogens (primary N) is 1. The van der Waals surface area contributed by atoms with Crippen molar-refractivity contribution < 1.29 is 19.1 Å². The van der Waals surface area contributed by atoms with Gasteiger partial charge in [0, 0.05) is 11.6 Å². The molecule has 6 nitrogen and oxygen atoms in total. The topological polar surface area (TPSA) is 103 Å². The highest BCUT2D eigenvalue weighted by Gasteiger charge is 2.19. The van der Waals surface area contributed by atoms with Gasteiger partial charge in [0.15, 0.2) is 16.8 Å². The van der Waals surface area contributed by atoms with Gasteiger partial charge in [-0.1, -0.05) is 30.3 Å². The van der Waals surface area contributed by atoms with E-state index < -0.39 is 12.0 Å². The summed E-state index contributed by atoms with van der Waals surface area (Å²) in [7, 11) is 0. The summed E-state index contributed by atoms with van der Waals surface area (Å²) >= 11 is 0. The van der Waals surface area contributed by atoms with E-state index in [0.29, 0.717) is 11.3 Å². The first-order chi connectivity index (χ1) is 11.5. The van der Waals surface area contributed by atoms with E-state index in [4.69, 9.17) is 14.9 Å². The number of hydrogen-bond acceptors (Lipinski definition) is 6. The van der Waals surface area contributed by atoms with Gasteiger partial charge in [0.2, 0.25) is 5.75 Å². The minimum absolute atomic E-state index is 0.00430. The van der Waals surface area contributed by atoms with E-state index in [1.54, 1.807) is 24.3 Å². The third-order valence-electron chi connectivity index (χ3n) is 3.46. The van der Waals surface area contributed by atoms with Gasteiger partial charge in [0.05, 0.1) is 5.39 Å². The summed E-state index contributed by atoms with van der Waals surface area (Å²) in [5.74, 6) is -0.975. The molecule has 1 heterocycles. The molecule has 24 heavy (non-hydrogen) atoms. The summed E-state index contributed by atoms with van der Waals surface area (Å²) in [4.78, 5) is 24.1. The van der Waals surface area contributed by atoms with Crippen LogP contribution in [0.25, 0.3) is 22.3 Å². The molecule has 0 spiro atoms. The van der Waals surface area contributed by atoms with Crippen LogP contribution in [0.1, 0.15) is 6.92 Å². The highest BCUT2D eigenvalue weighted by atomic mass is 16.5. The number of esters is 1. The van der Waals surface area contributed by atoms with Crippen molar-refractivity contribution in [2.75, 3.05) is 0 Å². The van der Waals surface area contributed by atoms with Gasteiger partial charge in [0.1, 0.15) is 11.8 Å². The third kappa shape index (κ3) is 2.87. The van der Waals surface area contributed by atoms with E-state index in [1.807, 2.05) is 6.07 Å². The van der Waals surface area contributed by atoms with Crippen molar-refractivity contribution in [3.63, 3.8) is 0 Å². The van der Waals surface area contributed by atoms with Gasteiger partial charge < -0.3 is 20.0 Å². The smallest absolute Gasteiger partial charge is 0.328 e. The van der Waals surface area contributed by atoms with Gasteiger partial charge in [-0.3, -0.25) is 4.79 Å². The lowest BCUT2D eigenvalue weighted by molar-refractivity contribution is -0.135. The summed E-state index contributed by atoms with van der Waals surface area (Å²) < 4.78 is 10.9. The fourth-order valence-electron chi connectivity index (χ4n) is 2.22. The Kier molecular flexibility index (Phi) is 4.05. The van der Waals surface area contributed by atoms with Gasteiger partial charge in [-0.05, 0) is 19.1 Å². The van der Waals surface area contributed by atoms with Crippen LogP contribution in [0.15, 0.2) is 57.7 Å². The summed E-state index contributed by atoms with van der Waals surface area (Å²) in [5, 5.41) is 10.2. The average molecular weight is 325 g/mol. The Morgan fingerprint density at radius 3 is 2.58 bits per heavy atom. The zero-order valence-corrected chi connectivity index (χ0v) is 12.9. The molecule has 3 rings (SSSR count). The molecule has 1 aromatic heterocycles. The number of rotatable bonds is 3. The van der Waals surface area contributed by atoms with Crippen molar-refractivity contribution in [1.82, 2.24) is 0 Å². The summed E-state index contributed by atoms with van der Waals surface area (Å²) in [6.45, 7) is 1.45. The van der Waals surface area contributed by atoms with E-state index >= 15 is 0 Å². The van der Waals surface area contributed by atoms with Crippen molar-refractivity contribution in [2.24, 2.45) is 5.73 Å². The Labute approximate surface area is 137 Å². The lowest BCUT2D eigenvalue weighted by atomic mass is 10.1. The second kappa shape index (κ2) is 6.17. The van der Waals surface area contributed by atoms with Crippen molar-refractivity contribution in [3.8, 4) is 22.8 Å². The molecule has 0 radical (unpaired) electrons. The number of phenolic OH excluding ortho intramolecular Hbond substituents is 1. The second-order valence-corrected chi connectivity index (χ2v) is 5.34. The highest BCUT2D eigenvalue weighted by molar-refractivity contribution is 5.90. The normalized spacial score (nSPS) is 12.1. The maximum atomic E-state index is 12.3. The van der Waals surface area contributed by atoms with Crippen LogP contribution >= 0.6 is 0 Å². The summed E-state index contributed by atoms with van der Waals surface area (Å²) in [5.41, 5.74) is 5.85. The monoisotopic (exact) mass is 325 g/mol. The first-order valence-corrected chi connectivity index (χ1v) is 7.30. The SMILES string of the molecule is C[C@H](N)C(=O)Oc1c(O)ccc2c(=O)cc(-c3ccccc3)oc12. The van der Waals surface area contributed by atoms with Gasteiger partial charge in [-0.2, -0.15) is 0 Å². The molecular formula is C18H15NO5. The Hall–Kier alpha value is -3.12. The molecule has 0 bridgehead atoms. The summed E-state index contributed by atoms with van der Waals surface area (Å²) in [6.07, 6.45) is 0. The Bertz CT molecular complexity index is 960. The zero-order valence-electron chi connectivity index (χ0n) is 12.9. The molecule has 6 heteroatoms. The van der Waals surface area contributed by atoms with Crippen molar-refractivity contribution in [1.29, 1.82) is 0 Å². The second-order valence-electron chi connectivity index (χ2n) is 5.34. The van der Waals surface area contributed by atoms with Crippen LogP contribution < -0.4 is 15.9 Å². The van der Waals surface area contributed by atoms with E-state index in [1.165, 1.54) is 25.1 Å². The molecular weight excluding hydrogens is 310 g/mol. The maximum Gasteiger partial charge on any atom is 0.328 e. The molecule has 0 aliphatic heterocycles. The Balaban J connectivity index is 2.24. The van der Waals surface area contributed by atoms with Crippen LogP contribution in [0, 0.1) is 0 Å². The largest absolute Gasteiger partial charge is 0.504 e. The molecule has 0 saturated carbocycles. The number of carbonyl (C=O) groups excluding carboxylic acids is 1. The number of aromatic hydroxyl groups is 1. The van der Waals surface area contributed by atoms with E-state index in [2.05, 4.69) is 0 Å². The van der Waals surface area contributed by atoms with E-state index in [-0.39, 0.29) is 27.9 Å². The fourth-order valence-corrected chi connectivity index (χ4v) is 2.22. The zero-order chi connectivity index (χ0) is 17.3. The Morgan fingerprint density at radius 1 is 1.21 bits per heavy atom. The van der Waals surface area contributed by atoms with Crippen LogP contribution in [0.5, 0.6) is 11.5 Å². The molecule has 0 aliphatic carbocycles. The molecule has 0 aliphatic rings. The predicted molar refractivity (Wildman–Crippen MR) is 88.9 cm³/mol. The first-order valence-electron chi connectivity index (χ1n) is 7.30. The predicted octanol–water partition coefficient (Wildman–Crippen LogP) is 2.42. The standard InChI is InChI=1S/C18H15NO5/c1-10(19)18(22)24-17-13(20)8-7-12-14(21)9-15(23-16(12)17)11-5-3-2-4-6-11/h2-10,20H,19H2,1H3/t10-/m0/s1. The lowest BCUT2D eigenvalue weighted by Gasteiger charge is -2.11. The summed E-state index contributed by atoms with van der Waals surface area (Å²) in [6, 6.07) is 12.2. The average Bonchev–Trinajstić information content (AvgIpc) is 2.57. The number of phenols is 1. The van der Waals surface area contributed by atoms with Crippen LogP contribution in [-0.2, 0) is 4.79 Å². The van der Waals surface area contributed by atoms with Crippen LogP contribution in [-0.4, -0.2) is 17.1 Å². The van der Waals surface area contributed by atoms with E-state index in [0.717, 1.165) is 0 Å². The molecule has 122 valence electrons. The molecule has 0 amide bonds. The lowest BCUT2D eigenvalue weighted by Crippen LogP contribution is -2.31. The van der Waals surface area contributed by atoms with Gasteiger partial charge in [-0.25, -0.2) is 4.79 Å². The number of carbonyl (C=O) groups is 1. The number of hydrogen-bond donors (Lipinski definition) is 2. The van der Waals surface area contributed by atoms with Crippen molar-refractivity contribution in [3.05, 3.63) is 58.8 Å². The van der Waals surface area contributed by atoms with Gasteiger partial charge >= 0.3 is 5.97 Å². The molecule has 3 N–H and O–H groups in total. The van der Waals surface area contributed by atoms with Gasteiger partial charge in [0.25, 0.3) is 0 Å². The number of benzene rings is 2. The number of fused-ring (bicyclic) bond motifs is 1. The molecule has 2 aromatic carbocycles. The van der Waals surface area contributed by atoms with Crippen LogP contribution in [0.2, 0.25) is 0 Å². The minimum Gasteiger partial charge on any atom is -0.504 e. The third-order valence-corrected chi connectivity index (χ3v) is 3.46. The molecule has 1 atom stereocenters. The van der Waals surface area contributed by atoms with Crippen molar-refractivity contribution in [2.45, 2.75) is 13.0 Å². The van der Waals surface area contributed by atoms with E-state index in [9.17, 15) is 14.7 Å². The fraction of sp³-hybridized carbons (Fsp3) is 0.111.